The summed E-state index contributed by atoms with van der Waals surface area (Å²) in [5, 5.41) is 7.58. The first-order valence-electron chi connectivity index (χ1n) is 7.43. The third-order valence-electron chi connectivity index (χ3n) is 3.61. The van der Waals surface area contributed by atoms with E-state index in [1.54, 1.807) is 12.1 Å². The fourth-order valence-electron chi connectivity index (χ4n) is 2.33. The van der Waals surface area contributed by atoms with Crippen molar-refractivity contribution in [3.63, 3.8) is 0 Å². The topological polar surface area (TPSA) is 77.1 Å². The number of fused-ring (bicyclic) bond motifs is 1. The maximum absolute atomic E-state index is 12.2. The third kappa shape index (κ3) is 3.54. The summed E-state index contributed by atoms with van der Waals surface area (Å²) in [7, 11) is 0. The minimum absolute atomic E-state index is 0.0342. The zero-order valence-electron chi connectivity index (χ0n) is 12.9. The van der Waals surface area contributed by atoms with Crippen molar-refractivity contribution >= 4 is 33.5 Å². The van der Waals surface area contributed by atoms with Crippen LogP contribution >= 0.6 is 27.7 Å². The second-order valence-electron chi connectivity index (χ2n) is 5.25. The Morgan fingerprint density at radius 2 is 1.96 bits per heavy atom. The van der Waals surface area contributed by atoms with Crippen LogP contribution in [-0.4, -0.2) is 33.5 Å². The lowest BCUT2D eigenvalue weighted by Crippen LogP contribution is -2.02. The number of ketones is 1. The highest BCUT2D eigenvalue weighted by atomic mass is 79.9. The van der Waals surface area contributed by atoms with E-state index in [-0.39, 0.29) is 18.3 Å². The molecule has 0 saturated heterocycles. The van der Waals surface area contributed by atoms with Gasteiger partial charge in [-0.2, -0.15) is 0 Å². The molecule has 3 aromatic rings. The van der Waals surface area contributed by atoms with E-state index in [0.717, 1.165) is 15.8 Å². The molecule has 1 aliphatic rings. The number of halogens is 1. The summed E-state index contributed by atoms with van der Waals surface area (Å²) in [6, 6.07) is 12.9. The standard InChI is InChI=1S/C17H12BrN3O3S/c18-12-4-1-10(2-5-12)13(22)8-25-17-19-16(20-21-17)11-3-6-14-15(7-11)24-9-23-14/h1-7H,8-9H2,(H,19,20,21). The minimum atomic E-state index is 0.0342. The van der Waals surface area contributed by atoms with E-state index < -0.39 is 0 Å². The highest BCUT2D eigenvalue weighted by molar-refractivity contribution is 9.10. The smallest absolute Gasteiger partial charge is 0.231 e. The van der Waals surface area contributed by atoms with Crippen LogP contribution in [0.25, 0.3) is 11.4 Å². The van der Waals surface area contributed by atoms with Gasteiger partial charge >= 0.3 is 0 Å². The maximum Gasteiger partial charge on any atom is 0.231 e. The molecule has 0 saturated carbocycles. The van der Waals surface area contributed by atoms with Crippen LogP contribution < -0.4 is 9.47 Å². The maximum atomic E-state index is 12.2. The molecule has 25 heavy (non-hydrogen) atoms. The van der Waals surface area contributed by atoms with Crippen LogP contribution in [0.3, 0.4) is 0 Å². The quantitative estimate of drug-likeness (QED) is 0.500. The Kier molecular flexibility index (Phi) is 4.46. The van der Waals surface area contributed by atoms with Gasteiger partial charge in [-0.3, -0.25) is 9.89 Å². The van der Waals surface area contributed by atoms with E-state index in [1.807, 2.05) is 30.3 Å². The van der Waals surface area contributed by atoms with E-state index in [1.165, 1.54) is 11.8 Å². The molecule has 0 unspecified atom stereocenters. The number of nitrogens with zero attached hydrogens (tertiary/aromatic N) is 2. The van der Waals surface area contributed by atoms with Crippen LogP contribution in [0, 0.1) is 0 Å². The zero-order valence-corrected chi connectivity index (χ0v) is 15.3. The molecule has 1 N–H and O–H groups in total. The molecular formula is C17H12BrN3O3S. The van der Waals surface area contributed by atoms with Crippen LogP contribution in [-0.2, 0) is 0 Å². The normalized spacial score (nSPS) is 12.4. The number of benzene rings is 2. The second kappa shape index (κ2) is 6.89. The number of nitrogens with one attached hydrogen (secondary N) is 1. The molecular weight excluding hydrogens is 406 g/mol. The Labute approximate surface area is 156 Å². The van der Waals surface area contributed by atoms with Gasteiger partial charge in [-0.05, 0) is 30.3 Å². The molecule has 2 aromatic carbocycles. The fourth-order valence-corrected chi connectivity index (χ4v) is 3.29. The van der Waals surface area contributed by atoms with Crippen LogP contribution in [0.2, 0.25) is 0 Å². The summed E-state index contributed by atoms with van der Waals surface area (Å²) in [5.41, 5.74) is 1.52. The van der Waals surface area contributed by atoms with Crippen LogP contribution in [0.1, 0.15) is 10.4 Å². The summed E-state index contributed by atoms with van der Waals surface area (Å²) in [5.74, 6) is 2.34. The van der Waals surface area contributed by atoms with E-state index in [9.17, 15) is 4.79 Å². The summed E-state index contributed by atoms with van der Waals surface area (Å²) in [6.07, 6.45) is 0. The number of aromatic amines is 1. The molecule has 1 aliphatic heterocycles. The highest BCUT2D eigenvalue weighted by Crippen LogP contribution is 2.35. The van der Waals surface area contributed by atoms with Gasteiger partial charge in [-0.1, -0.05) is 39.8 Å². The number of carbonyl (C=O) groups is 1. The lowest BCUT2D eigenvalue weighted by atomic mass is 10.2. The summed E-state index contributed by atoms with van der Waals surface area (Å²) in [4.78, 5) is 16.6. The van der Waals surface area contributed by atoms with Crippen LogP contribution in [0.15, 0.2) is 52.1 Å². The number of aromatic nitrogens is 3. The Morgan fingerprint density at radius 1 is 1.16 bits per heavy atom. The van der Waals surface area contributed by atoms with E-state index in [0.29, 0.717) is 22.3 Å². The number of thioether (sulfide) groups is 1. The van der Waals surface area contributed by atoms with E-state index >= 15 is 0 Å². The zero-order chi connectivity index (χ0) is 17.2. The first kappa shape index (κ1) is 16.2. The third-order valence-corrected chi connectivity index (χ3v) is 4.99. The van der Waals surface area contributed by atoms with Gasteiger partial charge in [-0.25, -0.2) is 4.98 Å². The fraction of sp³-hybridized carbons (Fsp3) is 0.118. The largest absolute Gasteiger partial charge is 0.454 e. The molecule has 2 heterocycles. The first-order valence-corrected chi connectivity index (χ1v) is 9.21. The van der Waals surface area contributed by atoms with Gasteiger partial charge in [0.1, 0.15) is 0 Å². The average Bonchev–Trinajstić information content (AvgIpc) is 3.28. The summed E-state index contributed by atoms with van der Waals surface area (Å²) < 4.78 is 11.6. The first-order chi connectivity index (χ1) is 12.2. The van der Waals surface area contributed by atoms with Crippen LogP contribution in [0.5, 0.6) is 11.5 Å². The predicted octanol–water partition coefficient (Wildman–Crippen LogP) is 3.94. The Bertz CT molecular complexity index is 927. The molecule has 0 spiro atoms. The number of carbonyl (C=O) groups excluding carboxylic acids is 1. The van der Waals surface area contributed by atoms with Crippen molar-refractivity contribution in [2.75, 3.05) is 12.5 Å². The summed E-state index contributed by atoms with van der Waals surface area (Å²) in [6.45, 7) is 0.231. The van der Waals surface area contributed by atoms with Gasteiger partial charge in [0, 0.05) is 15.6 Å². The number of hydrogen-bond acceptors (Lipinski definition) is 6. The molecule has 0 aliphatic carbocycles. The molecule has 0 radical (unpaired) electrons. The molecule has 0 amide bonds. The SMILES string of the molecule is O=C(CSc1n[nH]c(-c2ccc3c(c2)OCO3)n1)c1ccc(Br)cc1. The molecule has 4 rings (SSSR count). The lowest BCUT2D eigenvalue weighted by Gasteiger charge is -1.99. The number of rotatable bonds is 5. The van der Waals surface area contributed by atoms with Crippen molar-refractivity contribution in [3.05, 3.63) is 52.5 Å². The van der Waals surface area contributed by atoms with Crippen molar-refractivity contribution in [2.24, 2.45) is 0 Å². The lowest BCUT2D eigenvalue weighted by molar-refractivity contribution is 0.102. The minimum Gasteiger partial charge on any atom is -0.454 e. The molecule has 0 atom stereocenters. The van der Waals surface area contributed by atoms with Gasteiger partial charge in [0.2, 0.25) is 11.9 Å². The van der Waals surface area contributed by atoms with Crippen molar-refractivity contribution in [2.45, 2.75) is 5.16 Å². The van der Waals surface area contributed by atoms with Crippen molar-refractivity contribution in [1.29, 1.82) is 0 Å². The average molecular weight is 418 g/mol. The number of Topliss-reactive ketones (excluding diaryl/α,β-unsaturated/α-hetero) is 1. The molecule has 126 valence electrons. The summed E-state index contributed by atoms with van der Waals surface area (Å²) >= 11 is 4.65. The van der Waals surface area contributed by atoms with Gasteiger partial charge in [0.15, 0.2) is 23.1 Å². The monoisotopic (exact) mass is 417 g/mol. The Morgan fingerprint density at radius 3 is 2.80 bits per heavy atom. The number of ether oxygens (including phenoxy) is 2. The molecule has 0 bridgehead atoms. The van der Waals surface area contributed by atoms with Crippen LogP contribution in [0.4, 0.5) is 0 Å². The predicted molar refractivity (Wildman–Crippen MR) is 97.1 cm³/mol. The molecule has 6 nitrogen and oxygen atoms in total. The Balaban J connectivity index is 1.43. The van der Waals surface area contributed by atoms with Crippen molar-refractivity contribution < 1.29 is 14.3 Å². The van der Waals surface area contributed by atoms with Gasteiger partial charge in [0.05, 0.1) is 5.75 Å². The highest BCUT2D eigenvalue weighted by Gasteiger charge is 2.16. The molecule has 1 aromatic heterocycles. The Hall–Kier alpha value is -2.32. The second-order valence-corrected chi connectivity index (χ2v) is 7.11. The van der Waals surface area contributed by atoms with E-state index in [4.69, 9.17) is 9.47 Å². The van der Waals surface area contributed by atoms with Crippen molar-refractivity contribution in [1.82, 2.24) is 15.2 Å². The van der Waals surface area contributed by atoms with Gasteiger partial charge in [0.25, 0.3) is 0 Å². The number of hydrogen-bond donors (Lipinski definition) is 1. The number of H-pyrrole nitrogens is 1. The van der Waals surface area contributed by atoms with E-state index in [2.05, 4.69) is 31.1 Å². The molecule has 8 heteroatoms. The van der Waals surface area contributed by atoms with Gasteiger partial charge < -0.3 is 9.47 Å². The molecule has 0 fully saturated rings. The van der Waals surface area contributed by atoms with Gasteiger partial charge in [-0.15, -0.1) is 5.10 Å². The van der Waals surface area contributed by atoms with Crippen molar-refractivity contribution in [3.8, 4) is 22.9 Å².